The fourth-order valence-electron chi connectivity index (χ4n) is 3.45. The number of hydrogen-bond donors (Lipinski definition) is 0. The summed E-state index contributed by atoms with van der Waals surface area (Å²) in [6.07, 6.45) is 1.95. The predicted molar refractivity (Wildman–Crippen MR) is 115 cm³/mol. The highest BCUT2D eigenvalue weighted by Gasteiger charge is 2.38. The summed E-state index contributed by atoms with van der Waals surface area (Å²) in [7, 11) is 0. The van der Waals surface area contributed by atoms with E-state index in [0.717, 1.165) is 22.0 Å². The second-order valence-corrected chi connectivity index (χ2v) is 7.51. The van der Waals surface area contributed by atoms with Crippen molar-refractivity contribution >= 4 is 22.9 Å². The SMILES string of the molecule is CCOC(=O)C1=C(C)N=C2SC=CN2[C@@H]1c1ccccc1OCc1ccccc1. The van der Waals surface area contributed by atoms with Gasteiger partial charge in [-0.25, -0.2) is 9.79 Å². The van der Waals surface area contributed by atoms with Crippen LogP contribution in [0, 0.1) is 0 Å². The summed E-state index contributed by atoms with van der Waals surface area (Å²) in [5.74, 6) is 0.392. The molecule has 6 heteroatoms. The number of carbonyl (C=O) groups is 1. The van der Waals surface area contributed by atoms with E-state index < -0.39 is 0 Å². The average Bonchev–Trinajstić information content (AvgIpc) is 3.20. The molecular weight excluding hydrogens is 384 g/mol. The van der Waals surface area contributed by atoms with Crippen LogP contribution in [0.1, 0.15) is 31.0 Å². The largest absolute Gasteiger partial charge is 0.489 e. The van der Waals surface area contributed by atoms with Crippen molar-refractivity contribution in [3.63, 3.8) is 0 Å². The van der Waals surface area contributed by atoms with Crippen LogP contribution >= 0.6 is 11.8 Å². The van der Waals surface area contributed by atoms with Crippen molar-refractivity contribution in [3.8, 4) is 5.75 Å². The number of para-hydroxylation sites is 1. The quantitative estimate of drug-likeness (QED) is 0.630. The summed E-state index contributed by atoms with van der Waals surface area (Å²) in [6.45, 7) is 4.43. The van der Waals surface area contributed by atoms with Crippen LogP contribution in [0.25, 0.3) is 0 Å². The highest BCUT2D eigenvalue weighted by atomic mass is 32.2. The Kier molecular flexibility index (Phi) is 5.71. The molecule has 0 aromatic heterocycles. The average molecular weight is 407 g/mol. The first-order chi connectivity index (χ1) is 14.2. The number of benzene rings is 2. The highest BCUT2D eigenvalue weighted by Crippen LogP contribution is 2.43. The van der Waals surface area contributed by atoms with E-state index in [-0.39, 0.29) is 12.0 Å². The zero-order chi connectivity index (χ0) is 20.2. The first kappa shape index (κ1) is 19.3. The maximum atomic E-state index is 12.8. The normalized spacial score (nSPS) is 17.8. The number of amidine groups is 1. The molecule has 0 N–H and O–H groups in total. The predicted octanol–water partition coefficient (Wildman–Crippen LogP) is 5.03. The molecule has 0 amide bonds. The van der Waals surface area contributed by atoms with E-state index in [9.17, 15) is 4.79 Å². The fraction of sp³-hybridized carbons (Fsp3) is 0.217. The summed E-state index contributed by atoms with van der Waals surface area (Å²) < 4.78 is 11.5. The van der Waals surface area contributed by atoms with Gasteiger partial charge < -0.3 is 14.4 Å². The standard InChI is InChI=1S/C23H22N2O3S/c1-3-27-22(26)20-16(2)24-23-25(13-14-29-23)21(20)18-11-7-8-12-19(18)28-15-17-9-5-4-6-10-17/h4-14,21H,3,15H2,1-2H3/t21-/m1/s1. The molecule has 0 saturated carbocycles. The van der Waals surface area contributed by atoms with E-state index in [0.29, 0.717) is 24.5 Å². The maximum absolute atomic E-state index is 12.8. The van der Waals surface area contributed by atoms with Crippen LogP contribution in [0.4, 0.5) is 0 Å². The molecule has 0 bridgehead atoms. The van der Waals surface area contributed by atoms with Crippen molar-refractivity contribution in [2.75, 3.05) is 6.61 Å². The molecule has 2 heterocycles. The van der Waals surface area contributed by atoms with E-state index >= 15 is 0 Å². The minimum atomic E-state index is -0.347. The molecule has 0 spiro atoms. The molecule has 5 nitrogen and oxygen atoms in total. The third-order valence-corrected chi connectivity index (χ3v) is 5.54. The number of carbonyl (C=O) groups excluding carboxylic acids is 1. The van der Waals surface area contributed by atoms with Gasteiger partial charge in [-0.05, 0) is 30.9 Å². The number of allylic oxidation sites excluding steroid dienone is 1. The molecule has 0 saturated heterocycles. The molecule has 2 aromatic rings. The lowest BCUT2D eigenvalue weighted by atomic mass is 9.94. The number of ether oxygens (including phenoxy) is 2. The molecule has 4 rings (SSSR count). The summed E-state index contributed by atoms with van der Waals surface area (Å²) >= 11 is 1.54. The Morgan fingerprint density at radius 3 is 2.69 bits per heavy atom. The van der Waals surface area contributed by atoms with Gasteiger partial charge in [0.05, 0.1) is 23.9 Å². The van der Waals surface area contributed by atoms with Crippen LogP contribution in [0.2, 0.25) is 0 Å². The molecule has 1 atom stereocenters. The summed E-state index contributed by atoms with van der Waals surface area (Å²) in [6, 6.07) is 17.5. The Morgan fingerprint density at radius 1 is 1.14 bits per heavy atom. The lowest BCUT2D eigenvalue weighted by molar-refractivity contribution is -0.139. The number of rotatable bonds is 6. The van der Waals surface area contributed by atoms with E-state index in [1.165, 1.54) is 11.8 Å². The topological polar surface area (TPSA) is 51.1 Å². The number of nitrogens with zero attached hydrogens (tertiary/aromatic N) is 2. The smallest absolute Gasteiger partial charge is 0.338 e. The van der Waals surface area contributed by atoms with Gasteiger partial charge in [0.25, 0.3) is 0 Å². The van der Waals surface area contributed by atoms with Crippen LogP contribution in [0.5, 0.6) is 5.75 Å². The van der Waals surface area contributed by atoms with Gasteiger partial charge in [-0.3, -0.25) is 0 Å². The molecular formula is C23H22N2O3S. The van der Waals surface area contributed by atoms with Crippen molar-refractivity contribution in [2.24, 2.45) is 4.99 Å². The van der Waals surface area contributed by atoms with Gasteiger partial charge in [-0.1, -0.05) is 60.3 Å². The van der Waals surface area contributed by atoms with Gasteiger partial charge in [-0.15, -0.1) is 0 Å². The maximum Gasteiger partial charge on any atom is 0.338 e. The first-order valence-electron chi connectivity index (χ1n) is 9.53. The Labute approximate surface area is 174 Å². The monoisotopic (exact) mass is 406 g/mol. The van der Waals surface area contributed by atoms with Crippen molar-refractivity contribution in [1.82, 2.24) is 4.90 Å². The van der Waals surface area contributed by atoms with Crippen LogP contribution < -0.4 is 4.74 Å². The van der Waals surface area contributed by atoms with Crippen LogP contribution in [-0.2, 0) is 16.1 Å². The lowest BCUT2D eigenvalue weighted by Gasteiger charge is -2.34. The number of thioether (sulfide) groups is 1. The molecule has 2 aromatic carbocycles. The summed E-state index contributed by atoms with van der Waals surface area (Å²) in [5, 5.41) is 2.82. The Bertz CT molecular complexity index is 998. The van der Waals surface area contributed by atoms with Crippen molar-refractivity contribution < 1.29 is 14.3 Å². The van der Waals surface area contributed by atoms with Gasteiger partial charge in [0, 0.05) is 11.8 Å². The first-order valence-corrected chi connectivity index (χ1v) is 10.4. The van der Waals surface area contributed by atoms with Crippen molar-refractivity contribution in [2.45, 2.75) is 26.5 Å². The lowest BCUT2D eigenvalue weighted by Crippen LogP contribution is -2.34. The number of fused-ring (bicyclic) bond motifs is 1. The van der Waals surface area contributed by atoms with E-state index in [1.807, 2.05) is 85.0 Å². The van der Waals surface area contributed by atoms with E-state index in [2.05, 4.69) is 4.99 Å². The van der Waals surface area contributed by atoms with E-state index in [1.54, 1.807) is 0 Å². The molecule has 2 aliphatic heterocycles. The molecule has 0 fully saturated rings. The third kappa shape index (κ3) is 3.93. The Hall–Kier alpha value is -2.99. The van der Waals surface area contributed by atoms with Crippen LogP contribution in [0.3, 0.4) is 0 Å². The minimum Gasteiger partial charge on any atom is -0.489 e. The minimum absolute atomic E-state index is 0.315. The van der Waals surface area contributed by atoms with Crippen LogP contribution in [-0.4, -0.2) is 22.6 Å². The zero-order valence-corrected chi connectivity index (χ0v) is 17.2. The Morgan fingerprint density at radius 2 is 1.90 bits per heavy atom. The molecule has 0 radical (unpaired) electrons. The van der Waals surface area contributed by atoms with Gasteiger partial charge >= 0.3 is 5.97 Å². The van der Waals surface area contributed by atoms with Crippen molar-refractivity contribution in [3.05, 3.63) is 88.6 Å². The van der Waals surface area contributed by atoms with Gasteiger partial charge in [0.2, 0.25) is 0 Å². The molecule has 148 valence electrons. The number of aliphatic imine (C=N–C) groups is 1. The fourth-order valence-corrected chi connectivity index (χ4v) is 4.24. The van der Waals surface area contributed by atoms with E-state index in [4.69, 9.17) is 9.47 Å². The Balaban J connectivity index is 1.72. The number of hydrogen-bond acceptors (Lipinski definition) is 6. The summed E-state index contributed by atoms with van der Waals surface area (Å²) in [5.41, 5.74) is 3.21. The molecule has 0 unspecified atom stereocenters. The third-order valence-electron chi connectivity index (χ3n) is 4.77. The van der Waals surface area contributed by atoms with Gasteiger partial charge in [0.15, 0.2) is 5.17 Å². The zero-order valence-electron chi connectivity index (χ0n) is 16.4. The van der Waals surface area contributed by atoms with Gasteiger partial charge in [0.1, 0.15) is 12.4 Å². The second kappa shape index (κ2) is 8.57. The second-order valence-electron chi connectivity index (χ2n) is 6.64. The number of esters is 1. The highest BCUT2D eigenvalue weighted by molar-refractivity contribution is 8.16. The molecule has 2 aliphatic rings. The van der Waals surface area contributed by atoms with Gasteiger partial charge in [-0.2, -0.15) is 0 Å². The van der Waals surface area contributed by atoms with Crippen molar-refractivity contribution in [1.29, 1.82) is 0 Å². The van der Waals surface area contributed by atoms with Crippen LogP contribution in [0.15, 0.2) is 82.5 Å². The molecule has 29 heavy (non-hydrogen) atoms. The summed E-state index contributed by atoms with van der Waals surface area (Å²) in [4.78, 5) is 19.4. The molecule has 0 aliphatic carbocycles.